The van der Waals surface area contributed by atoms with E-state index in [4.69, 9.17) is 5.11 Å². The number of hydrogen-bond acceptors (Lipinski definition) is 2. The molecule has 1 atom stereocenters. The lowest BCUT2D eigenvalue weighted by Crippen LogP contribution is -2.27. The second-order valence-corrected chi connectivity index (χ2v) is 4.29. The Morgan fingerprint density at radius 2 is 1.94 bits per heavy atom. The summed E-state index contributed by atoms with van der Waals surface area (Å²) in [7, 11) is 0. The van der Waals surface area contributed by atoms with Crippen molar-refractivity contribution in [1.29, 1.82) is 0 Å². The van der Waals surface area contributed by atoms with Gasteiger partial charge in [-0.3, -0.25) is 4.79 Å². The number of carbonyl (C=O) groups is 1. The molecule has 0 fully saturated rings. The van der Waals surface area contributed by atoms with Crippen molar-refractivity contribution in [3.8, 4) is 0 Å². The van der Waals surface area contributed by atoms with Gasteiger partial charge in [0.25, 0.3) is 5.56 Å². The predicted molar refractivity (Wildman–Crippen MR) is 66.4 cm³/mol. The first kappa shape index (κ1) is 13.5. The Bertz CT molecular complexity index is 446. The highest BCUT2D eigenvalue weighted by Gasteiger charge is 2.17. The molecule has 0 saturated heterocycles. The largest absolute Gasteiger partial charge is 0.478 e. The molecule has 1 heterocycles. The molecule has 0 aliphatic carbocycles. The van der Waals surface area contributed by atoms with Gasteiger partial charge in [0.15, 0.2) is 0 Å². The summed E-state index contributed by atoms with van der Waals surface area (Å²) < 4.78 is 1.53. The number of hydrogen-bond donors (Lipinski definition) is 1. The second kappa shape index (κ2) is 5.66. The highest BCUT2D eigenvalue weighted by Crippen LogP contribution is 2.22. The van der Waals surface area contributed by atoms with Crippen LogP contribution in [0.4, 0.5) is 0 Å². The quantitative estimate of drug-likeness (QED) is 0.856. The number of pyridine rings is 1. The summed E-state index contributed by atoms with van der Waals surface area (Å²) in [6.45, 7) is 6.12. The fourth-order valence-electron chi connectivity index (χ4n) is 2.15. The van der Waals surface area contributed by atoms with E-state index in [1.165, 1.54) is 22.9 Å². The fraction of sp³-hybridized carbons (Fsp3) is 0.538. The first-order valence-electron chi connectivity index (χ1n) is 5.96. The Labute approximate surface area is 101 Å². The third kappa shape index (κ3) is 2.96. The van der Waals surface area contributed by atoms with Gasteiger partial charge >= 0.3 is 5.97 Å². The van der Waals surface area contributed by atoms with Crippen LogP contribution in [-0.2, 0) is 0 Å². The molecule has 1 N–H and O–H groups in total. The van der Waals surface area contributed by atoms with Crippen LogP contribution in [0.25, 0.3) is 0 Å². The predicted octanol–water partition coefficient (Wildman–Crippen LogP) is 2.54. The van der Waals surface area contributed by atoms with Crippen molar-refractivity contribution in [2.45, 2.75) is 39.7 Å². The number of rotatable bonds is 5. The second-order valence-electron chi connectivity index (χ2n) is 4.29. The molecule has 0 spiro atoms. The van der Waals surface area contributed by atoms with E-state index >= 15 is 0 Å². The van der Waals surface area contributed by atoms with Gasteiger partial charge < -0.3 is 9.67 Å². The van der Waals surface area contributed by atoms with E-state index < -0.39 is 5.97 Å². The molecule has 17 heavy (non-hydrogen) atoms. The van der Waals surface area contributed by atoms with E-state index in [9.17, 15) is 9.59 Å². The lowest BCUT2D eigenvalue weighted by Gasteiger charge is -2.23. The molecule has 0 saturated carbocycles. The molecule has 0 radical (unpaired) electrons. The molecular formula is C13H19NO3. The molecule has 0 bridgehead atoms. The Hall–Kier alpha value is -1.58. The Morgan fingerprint density at radius 1 is 1.35 bits per heavy atom. The van der Waals surface area contributed by atoms with Crippen molar-refractivity contribution in [1.82, 2.24) is 4.57 Å². The average Bonchev–Trinajstić information content (AvgIpc) is 2.30. The van der Waals surface area contributed by atoms with Gasteiger partial charge in [0, 0.05) is 18.3 Å². The van der Waals surface area contributed by atoms with Crippen LogP contribution in [0.3, 0.4) is 0 Å². The van der Waals surface area contributed by atoms with E-state index in [1.54, 1.807) is 0 Å². The van der Waals surface area contributed by atoms with Crippen LogP contribution in [-0.4, -0.2) is 15.6 Å². The number of carboxylic acids is 1. The standard InChI is InChI=1S/C13H19NO3/c1-4-10(5-2)9(3)14-8-11(13(16)17)6-7-12(14)15/h6-10H,4-5H2,1-3H3,(H,16,17). The topological polar surface area (TPSA) is 59.3 Å². The molecule has 1 rings (SSSR count). The number of nitrogens with zero attached hydrogens (tertiary/aromatic N) is 1. The maximum atomic E-state index is 11.7. The normalized spacial score (nSPS) is 12.7. The summed E-state index contributed by atoms with van der Waals surface area (Å²) >= 11 is 0. The maximum Gasteiger partial charge on any atom is 0.337 e. The van der Waals surface area contributed by atoms with E-state index in [0.29, 0.717) is 5.92 Å². The van der Waals surface area contributed by atoms with Gasteiger partial charge in [-0.25, -0.2) is 4.79 Å². The zero-order chi connectivity index (χ0) is 13.0. The van der Waals surface area contributed by atoms with Gasteiger partial charge in [-0.1, -0.05) is 26.7 Å². The summed E-state index contributed by atoms with van der Waals surface area (Å²) in [6, 6.07) is 2.69. The highest BCUT2D eigenvalue weighted by atomic mass is 16.4. The van der Waals surface area contributed by atoms with Crippen molar-refractivity contribution in [3.05, 3.63) is 34.2 Å². The van der Waals surface area contributed by atoms with Gasteiger partial charge in [0.1, 0.15) is 0 Å². The SMILES string of the molecule is CCC(CC)C(C)n1cc(C(=O)O)ccc1=O. The highest BCUT2D eigenvalue weighted by molar-refractivity contribution is 5.87. The minimum atomic E-state index is -1.00. The first-order chi connectivity index (χ1) is 8.01. The van der Waals surface area contributed by atoms with Crippen LogP contribution in [0, 0.1) is 5.92 Å². The van der Waals surface area contributed by atoms with Gasteiger partial charge in [-0.05, 0) is 18.9 Å². The summed E-state index contributed by atoms with van der Waals surface area (Å²) in [4.78, 5) is 22.6. The van der Waals surface area contributed by atoms with Crippen molar-refractivity contribution >= 4 is 5.97 Å². The van der Waals surface area contributed by atoms with Gasteiger partial charge in [-0.2, -0.15) is 0 Å². The molecule has 94 valence electrons. The van der Waals surface area contributed by atoms with Crippen molar-refractivity contribution < 1.29 is 9.90 Å². The van der Waals surface area contributed by atoms with Crippen LogP contribution in [0.15, 0.2) is 23.1 Å². The van der Waals surface area contributed by atoms with Gasteiger partial charge in [-0.15, -0.1) is 0 Å². The van der Waals surface area contributed by atoms with E-state index in [2.05, 4.69) is 13.8 Å². The first-order valence-corrected chi connectivity index (χ1v) is 5.96. The maximum absolute atomic E-state index is 11.7. The number of carboxylic acid groups (broad SMARTS) is 1. The fourth-order valence-corrected chi connectivity index (χ4v) is 2.15. The van der Waals surface area contributed by atoms with Crippen molar-refractivity contribution in [2.24, 2.45) is 5.92 Å². The van der Waals surface area contributed by atoms with Crippen LogP contribution < -0.4 is 5.56 Å². The third-order valence-corrected chi connectivity index (χ3v) is 3.35. The summed E-state index contributed by atoms with van der Waals surface area (Å²) in [6.07, 6.45) is 3.39. The minimum Gasteiger partial charge on any atom is -0.478 e. The summed E-state index contributed by atoms with van der Waals surface area (Å²) in [5, 5.41) is 8.92. The third-order valence-electron chi connectivity index (χ3n) is 3.35. The van der Waals surface area contributed by atoms with E-state index in [0.717, 1.165) is 12.8 Å². The molecule has 0 amide bonds. The van der Waals surface area contributed by atoms with Crippen LogP contribution >= 0.6 is 0 Å². The lowest BCUT2D eigenvalue weighted by atomic mass is 9.95. The van der Waals surface area contributed by atoms with Crippen LogP contribution in [0.1, 0.15) is 50.0 Å². The average molecular weight is 237 g/mol. The summed E-state index contributed by atoms with van der Waals surface area (Å²) in [5.74, 6) is -0.618. The van der Waals surface area contributed by atoms with Crippen LogP contribution in [0.2, 0.25) is 0 Å². The smallest absolute Gasteiger partial charge is 0.337 e. The van der Waals surface area contributed by atoms with Crippen LogP contribution in [0.5, 0.6) is 0 Å². The molecule has 1 aromatic heterocycles. The molecule has 4 heteroatoms. The molecular weight excluding hydrogens is 218 g/mol. The monoisotopic (exact) mass is 237 g/mol. The number of aromatic nitrogens is 1. The minimum absolute atomic E-state index is 0.0248. The van der Waals surface area contributed by atoms with E-state index in [-0.39, 0.29) is 17.2 Å². The Morgan fingerprint density at radius 3 is 2.41 bits per heavy atom. The zero-order valence-electron chi connectivity index (χ0n) is 10.5. The van der Waals surface area contributed by atoms with Gasteiger partial charge in [0.2, 0.25) is 0 Å². The molecule has 4 nitrogen and oxygen atoms in total. The number of aromatic carboxylic acids is 1. The van der Waals surface area contributed by atoms with Gasteiger partial charge in [0.05, 0.1) is 5.56 Å². The molecule has 1 aromatic rings. The van der Waals surface area contributed by atoms with Crippen molar-refractivity contribution in [2.75, 3.05) is 0 Å². The van der Waals surface area contributed by atoms with E-state index in [1.807, 2.05) is 6.92 Å². The Kier molecular flexibility index (Phi) is 4.49. The molecule has 0 aliphatic heterocycles. The summed E-state index contributed by atoms with van der Waals surface area (Å²) in [5.41, 5.74) is 0.0109. The van der Waals surface area contributed by atoms with Crippen molar-refractivity contribution in [3.63, 3.8) is 0 Å². The molecule has 0 aliphatic rings. The molecule has 0 aromatic carbocycles. The lowest BCUT2D eigenvalue weighted by molar-refractivity contribution is 0.0695. The Balaban J connectivity index is 3.16. The molecule has 1 unspecified atom stereocenters. The zero-order valence-corrected chi connectivity index (χ0v) is 10.5.